The molecule has 0 aliphatic rings. The van der Waals surface area contributed by atoms with Gasteiger partial charge in [0.2, 0.25) is 0 Å². The number of nitrogens with one attached hydrogen (secondary N) is 1. The molecule has 1 amide bonds. The number of amides is 1. The molecule has 0 bridgehead atoms. The summed E-state index contributed by atoms with van der Waals surface area (Å²) in [6.07, 6.45) is -0.957. The largest absolute Gasteiger partial charge is 0.479 e. The number of ether oxygens (including phenoxy) is 2. The summed E-state index contributed by atoms with van der Waals surface area (Å²) in [7, 11) is 0. The lowest BCUT2D eigenvalue weighted by atomic mass is 10.2. The van der Waals surface area contributed by atoms with Gasteiger partial charge in [-0.1, -0.05) is 0 Å². The Balaban J connectivity index is 1.85. The Labute approximate surface area is 160 Å². The number of hydrogen-bond donors (Lipinski definition) is 1. The van der Waals surface area contributed by atoms with Crippen LogP contribution in [-0.4, -0.2) is 29.5 Å². The van der Waals surface area contributed by atoms with Crippen molar-refractivity contribution in [3.05, 3.63) is 63.7 Å². The van der Waals surface area contributed by atoms with E-state index in [9.17, 15) is 19.7 Å². The fourth-order valence-electron chi connectivity index (χ4n) is 2.20. The van der Waals surface area contributed by atoms with Gasteiger partial charge in [-0.3, -0.25) is 14.9 Å². The molecule has 9 nitrogen and oxygen atoms in total. The average Bonchev–Trinajstić information content (AvgIpc) is 2.68. The van der Waals surface area contributed by atoms with Crippen molar-refractivity contribution >= 4 is 23.3 Å². The summed E-state index contributed by atoms with van der Waals surface area (Å²) in [5, 5.41) is 22.0. The highest BCUT2D eigenvalue weighted by Crippen LogP contribution is 2.21. The quantitative estimate of drug-likeness (QED) is 0.442. The minimum atomic E-state index is -0.957. The number of carbonyl (C=O) groups is 2. The first-order valence-electron chi connectivity index (χ1n) is 8.18. The van der Waals surface area contributed by atoms with E-state index in [1.54, 1.807) is 31.2 Å². The van der Waals surface area contributed by atoms with E-state index in [2.05, 4.69) is 5.32 Å². The van der Waals surface area contributed by atoms with Gasteiger partial charge in [0.15, 0.2) is 12.7 Å². The lowest BCUT2D eigenvalue weighted by Gasteiger charge is -2.14. The van der Waals surface area contributed by atoms with Gasteiger partial charge in [-0.2, -0.15) is 5.26 Å². The van der Waals surface area contributed by atoms with E-state index in [1.807, 2.05) is 6.07 Å². The second-order valence-corrected chi connectivity index (χ2v) is 5.81. The van der Waals surface area contributed by atoms with Gasteiger partial charge < -0.3 is 14.8 Å². The first kappa shape index (κ1) is 20.4. The third-order valence-electron chi connectivity index (χ3n) is 3.67. The maximum Gasteiger partial charge on any atom is 0.347 e. The standard InChI is InChI=1S/C19H17N3O6/c1-12-9-15(22(25)26)5-8-17(12)21-18(23)11-27-19(24)13(2)28-16-6-3-14(10-20)4-7-16/h3-9,13H,11H2,1-2H3,(H,21,23)/t13-/m1/s1. The van der Waals surface area contributed by atoms with Crippen LogP contribution in [0.2, 0.25) is 0 Å². The molecule has 0 fully saturated rings. The summed E-state index contributed by atoms with van der Waals surface area (Å²) in [6, 6.07) is 12.2. The fraction of sp³-hybridized carbons (Fsp3) is 0.211. The van der Waals surface area contributed by atoms with E-state index < -0.39 is 29.5 Å². The van der Waals surface area contributed by atoms with Gasteiger partial charge >= 0.3 is 5.97 Å². The SMILES string of the molecule is Cc1cc([N+](=O)[O-])ccc1NC(=O)COC(=O)[C@@H](C)Oc1ccc(C#N)cc1. The summed E-state index contributed by atoms with van der Waals surface area (Å²) in [4.78, 5) is 34.1. The first-order valence-corrected chi connectivity index (χ1v) is 8.18. The molecule has 144 valence electrons. The Kier molecular flexibility index (Phi) is 6.65. The minimum Gasteiger partial charge on any atom is -0.479 e. The van der Waals surface area contributed by atoms with Crippen molar-refractivity contribution in [1.29, 1.82) is 5.26 Å². The number of carbonyl (C=O) groups excluding carboxylic acids is 2. The van der Waals surface area contributed by atoms with Crippen LogP contribution in [0.25, 0.3) is 0 Å². The number of non-ortho nitro benzene ring substituents is 1. The Bertz CT molecular complexity index is 934. The van der Waals surface area contributed by atoms with Gasteiger partial charge in [0, 0.05) is 17.8 Å². The number of benzene rings is 2. The van der Waals surface area contributed by atoms with Crippen LogP contribution in [0.4, 0.5) is 11.4 Å². The van der Waals surface area contributed by atoms with Crippen molar-refractivity contribution in [2.75, 3.05) is 11.9 Å². The van der Waals surface area contributed by atoms with Crippen LogP contribution in [0.3, 0.4) is 0 Å². The molecular weight excluding hydrogens is 366 g/mol. The van der Waals surface area contributed by atoms with Crippen LogP contribution in [0.1, 0.15) is 18.1 Å². The van der Waals surface area contributed by atoms with Gasteiger partial charge in [0.25, 0.3) is 11.6 Å². The molecule has 0 aliphatic carbocycles. The topological polar surface area (TPSA) is 132 Å². The number of nitro groups is 1. The van der Waals surface area contributed by atoms with E-state index in [1.165, 1.54) is 25.1 Å². The summed E-state index contributed by atoms with van der Waals surface area (Å²) in [5.74, 6) is -0.940. The molecule has 2 aromatic carbocycles. The molecule has 0 saturated heterocycles. The summed E-state index contributed by atoms with van der Waals surface area (Å²) in [6.45, 7) is 2.55. The lowest BCUT2D eigenvalue weighted by Crippen LogP contribution is -2.29. The number of aryl methyl sites for hydroxylation is 1. The molecule has 1 N–H and O–H groups in total. The predicted molar refractivity (Wildman–Crippen MR) is 98.7 cm³/mol. The number of hydrogen-bond acceptors (Lipinski definition) is 7. The van der Waals surface area contributed by atoms with E-state index in [0.717, 1.165) is 0 Å². The average molecular weight is 383 g/mol. The molecule has 2 aromatic rings. The normalized spacial score (nSPS) is 11.0. The van der Waals surface area contributed by atoms with Crippen molar-refractivity contribution in [3.63, 3.8) is 0 Å². The zero-order chi connectivity index (χ0) is 20.7. The molecule has 0 unspecified atom stereocenters. The van der Waals surface area contributed by atoms with Crippen molar-refractivity contribution in [2.24, 2.45) is 0 Å². The van der Waals surface area contributed by atoms with Gasteiger partial charge in [-0.15, -0.1) is 0 Å². The molecule has 9 heteroatoms. The minimum absolute atomic E-state index is 0.0873. The zero-order valence-electron chi connectivity index (χ0n) is 15.2. The highest BCUT2D eigenvalue weighted by Gasteiger charge is 2.18. The molecular formula is C19H17N3O6. The second-order valence-electron chi connectivity index (χ2n) is 5.81. The smallest absolute Gasteiger partial charge is 0.347 e. The number of nitrogens with zero attached hydrogens (tertiary/aromatic N) is 2. The van der Waals surface area contributed by atoms with E-state index >= 15 is 0 Å². The molecule has 0 spiro atoms. The number of anilines is 1. The highest BCUT2D eigenvalue weighted by molar-refractivity contribution is 5.93. The maximum atomic E-state index is 12.0. The van der Waals surface area contributed by atoms with Crippen LogP contribution in [0, 0.1) is 28.4 Å². The van der Waals surface area contributed by atoms with Gasteiger partial charge in [-0.25, -0.2) is 4.79 Å². The molecule has 0 saturated carbocycles. The summed E-state index contributed by atoms with van der Waals surface area (Å²) >= 11 is 0. The Morgan fingerprint density at radius 2 is 1.93 bits per heavy atom. The third kappa shape index (κ3) is 5.54. The van der Waals surface area contributed by atoms with Gasteiger partial charge in [-0.05, 0) is 49.7 Å². The van der Waals surface area contributed by atoms with E-state index in [0.29, 0.717) is 22.6 Å². The molecule has 0 aliphatic heterocycles. The van der Waals surface area contributed by atoms with Crippen LogP contribution >= 0.6 is 0 Å². The zero-order valence-corrected chi connectivity index (χ0v) is 15.2. The van der Waals surface area contributed by atoms with Crippen molar-refractivity contribution in [2.45, 2.75) is 20.0 Å². The monoisotopic (exact) mass is 383 g/mol. The molecule has 0 heterocycles. The Morgan fingerprint density at radius 3 is 2.50 bits per heavy atom. The Morgan fingerprint density at radius 1 is 1.25 bits per heavy atom. The van der Waals surface area contributed by atoms with Crippen molar-refractivity contribution in [3.8, 4) is 11.8 Å². The third-order valence-corrected chi connectivity index (χ3v) is 3.67. The predicted octanol–water partition coefficient (Wildman–Crippen LogP) is 2.72. The fourth-order valence-corrected chi connectivity index (χ4v) is 2.20. The lowest BCUT2D eigenvalue weighted by molar-refractivity contribution is -0.384. The Hall–Kier alpha value is -3.93. The molecule has 28 heavy (non-hydrogen) atoms. The number of esters is 1. The van der Waals surface area contributed by atoms with Crippen LogP contribution < -0.4 is 10.1 Å². The summed E-state index contributed by atoms with van der Waals surface area (Å²) < 4.78 is 10.3. The van der Waals surface area contributed by atoms with Crippen LogP contribution in [-0.2, 0) is 14.3 Å². The van der Waals surface area contributed by atoms with Crippen molar-refractivity contribution < 1.29 is 24.0 Å². The molecule has 2 rings (SSSR count). The summed E-state index contributed by atoms with van der Waals surface area (Å²) in [5.41, 5.74) is 1.26. The molecule has 0 aromatic heterocycles. The molecule has 0 radical (unpaired) electrons. The second kappa shape index (κ2) is 9.14. The van der Waals surface area contributed by atoms with Crippen molar-refractivity contribution in [1.82, 2.24) is 0 Å². The van der Waals surface area contributed by atoms with Gasteiger partial charge in [0.1, 0.15) is 5.75 Å². The van der Waals surface area contributed by atoms with Crippen LogP contribution in [0.15, 0.2) is 42.5 Å². The molecule has 1 atom stereocenters. The maximum absolute atomic E-state index is 12.0. The first-order chi connectivity index (χ1) is 13.3. The van der Waals surface area contributed by atoms with Gasteiger partial charge in [0.05, 0.1) is 16.6 Å². The number of rotatable bonds is 7. The highest BCUT2D eigenvalue weighted by atomic mass is 16.6. The number of nitriles is 1. The van der Waals surface area contributed by atoms with E-state index in [-0.39, 0.29) is 5.69 Å². The van der Waals surface area contributed by atoms with Crippen LogP contribution in [0.5, 0.6) is 5.75 Å². The van der Waals surface area contributed by atoms with E-state index in [4.69, 9.17) is 14.7 Å². The number of nitro benzene ring substituents is 1.